The first-order chi connectivity index (χ1) is 9.74. The summed E-state index contributed by atoms with van der Waals surface area (Å²) in [6.07, 6.45) is 4.82. The minimum atomic E-state index is 0.166. The van der Waals surface area contributed by atoms with E-state index in [1.54, 1.807) is 6.20 Å². The van der Waals surface area contributed by atoms with E-state index in [1.165, 1.54) is 0 Å². The van der Waals surface area contributed by atoms with E-state index < -0.39 is 0 Å². The minimum absolute atomic E-state index is 0.166. The SMILES string of the molecule is Cn1ccnc1CCC(=O)c1ccc2ccccc2c1. The first kappa shape index (κ1) is 12.6. The second kappa shape index (κ2) is 5.29. The molecule has 0 amide bonds. The number of ketones is 1. The number of Topliss-reactive ketones (excluding diaryl/α,β-unsaturated/α-hetero) is 1. The van der Waals surface area contributed by atoms with E-state index in [0.29, 0.717) is 12.8 Å². The highest BCUT2D eigenvalue weighted by atomic mass is 16.1. The fourth-order valence-electron chi connectivity index (χ4n) is 2.37. The maximum Gasteiger partial charge on any atom is 0.163 e. The van der Waals surface area contributed by atoms with Gasteiger partial charge in [-0.05, 0) is 16.8 Å². The Labute approximate surface area is 117 Å². The van der Waals surface area contributed by atoms with Crippen molar-refractivity contribution < 1.29 is 4.79 Å². The van der Waals surface area contributed by atoms with Gasteiger partial charge in [-0.15, -0.1) is 0 Å². The van der Waals surface area contributed by atoms with E-state index in [2.05, 4.69) is 11.1 Å². The largest absolute Gasteiger partial charge is 0.338 e. The third kappa shape index (κ3) is 2.48. The van der Waals surface area contributed by atoms with Gasteiger partial charge in [0.05, 0.1) is 0 Å². The van der Waals surface area contributed by atoms with Crippen molar-refractivity contribution in [3.63, 3.8) is 0 Å². The molecular formula is C17H16N2O. The molecule has 0 aliphatic rings. The van der Waals surface area contributed by atoms with Crippen LogP contribution < -0.4 is 0 Å². The molecule has 0 fully saturated rings. The summed E-state index contributed by atoms with van der Waals surface area (Å²) in [5.41, 5.74) is 0.776. The first-order valence-corrected chi connectivity index (χ1v) is 6.72. The Hall–Kier alpha value is -2.42. The van der Waals surface area contributed by atoms with Crippen LogP contribution >= 0.6 is 0 Å². The standard InChI is InChI=1S/C17H16N2O/c1-19-11-10-18-17(19)9-8-16(20)15-7-6-13-4-2-3-5-14(13)12-15/h2-7,10-12H,8-9H2,1H3. The van der Waals surface area contributed by atoms with E-state index in [9.17, 15) is 4.79 Å². The summed E-state index contributed by atoms with van der Waals surface area (Å²) < 4.78 is 1.95. The molecule has 2 aromatic carbocycles. The van der Waals surface area contributed by atoms with Crippen LogP contribution in [0.15, 0.2) is 54.9 Å². The Bertz CT molecular complexity index is 758. The highest BCUT2D eigenvalue weighted by molar-refractivity contribution is 5.99. The molecule has 100 valence electrons. The average Bonchev–Trinajstić information content (AvgIpc) is 2.89. The summed E-state index contributed by atoms with van der Waals surface area (Å²) in [4.78, 5) is 16.5. The molecule has 0 aliphatic carbocycles. The highest BCUT2D eigenvalue weighted by Gasteiger charge is 2.08. The molecule has 0 saturated heterocycles. The van der Waals surface area contributed by atoms with Crippen LogP contribution in [0, 0.1) is 0 Å². The Kier molecular flexibility index (Phi) is 3.33. The number of benzene rings is 2. The monoisotopic (exact) mass is 264 g/mol. The van der Waals surface area contributed by atoms with Gasteiger partial charge in [0.1, 0.15) is 5.82 Å². The second-order valence-electron chi connectivity index (χ2n) is 4.94. The number of aromatic nitrogens is 2. The van der Waals surface area contributed by atoms with Gasteiger partial charge in [0.2, 0.25) is 0 Å². The zero-order valence-electron chi connectivity index (χ0n) is 11.4. The molecule has 0 bridgehead atoms. The van der Waals surface area contributed by atoms with Crippen molar-refractivity contribution in [2.45, 2.75) is 12.8 Å². The van der Waals surface area contributed by atoms with Crippen LogP contribution in [0.1, 0.15) is 22.6 Å². The Morgan fingerprint density at radius 2 is 1.95 bits per heavy atom. The van der Waals surface area contributed by atoms with Gasteiger partial charge in [-0.1, -0.05) is 36.4 Å². The quantitative estimate of drug-likeness (QED) is 0.677. The molecule has 0 N–H and O–H groups in total. The second-order valence-corrected chi connectivity index (χ2v) is 4.94. The van der Waals surface area contributed by atoms with Gasteiger partial charge in [-0.25, -0.2) is 4.98 Å². The lowest BCUT2D eigenvalue weighted by Gasteiger charge is -2.04. The summed E-state index contributed by atoms with van der Waals surface area (Å²) >= 11 is 0. The number of hydrogen-bond donors (Lipinski definition) is 0. The number of hydrogen-bond acceptors (Lipinski definition) is 2. The van der Waals surface area contributed by atoms with Gasteiger partial charge in [-0.2, -0.15) is 0 Å². The molecule has 0 radical (unpaired) electrons. The maximum atomic E-state index is 12.3. The number of carbonyl (C=O) groups is 1. The summed E-state index contributed by atoms with van der Waals surface area (Å²) in [6, 6.07) is 14.0. The van der Waals surface area contributed by atoms with Gasteiger partial charge in [-0.3, -0.25) is 4.79 Å². The van der Waals surface area contributed by atoms with Gasteiger partial charge >= 0.3 is 0 Å². The zero-order chi connectivity index (χ0) is 13.9. The lowest BCUT2D eigenvalue weighted by molar-refractivity contribution is 0.0982. The Morgan fingerprint density at radius 3 is 2.70 bits per heavy atom. The topological polar surface area (TPSA) is 34.9 Å². The minimum Gasteiger partial charge on any atom is -0.338 e. The molecule has 3 aromatic rings. The number of imidazole rings is 1. The van der Waals surface area contributed by atoms with Crippen LogP contribution in [-0.4, -0.2) is 15.3 Å². The van der Waals surface area contributed by atoms with Gasteiger partial charge < -0.3 is 4.57 Å². The lowest BCUT2D eigenvalue weighted by atomic mass is 10.0. The molecule has 0 atom stereocenters. The molecular weight excluding hydrogens is 248 g/mol. The van der Waals surface area contributed by atoms with Crippen molar-refractivity contribution in [1.29, 1.82) is 0 Å². The summed E-state index contributed by atoms with van der Waals surface area (Å²) in [5.74, 6) is 1.11. The molecule has 0 saturated carbocycles. The maximum absolute atomic E-state index is 12.3. The van der Waals surface area contributed by atoms with Crippen LogP contribution in [0.4, 0.5) is 0 Å². The summed E-state index contributed by atoms with van der Waals surface area (Å²) in [5, 5.41) is 2.27. The number of nitrogens with zero attached hydrogens (tertiary/aromatic N) is 2. The number of carbonyl (C=O) groups excluding carboxylic acids is 1. The molecule has 0 aliphatic heterocycles. The molecule has 3 rings (SSSR count). The molecule has 3 heteroatoms. The fourth-order valence-corrected chi connectivity index (χ4v) is 2.37. The molecule has 20 heavy (non-hydrogen) atoms. The van der Waals surface area contributed by atoms with E-state index >= 15 is 0 Å². The molecule has 0 spiro atoms. The normalized spacial score (nSPS) is 10.8. The zero-order valence-corrected chi connectivity index (χ0v) is 11.4. The summed E-state index contributed by atoms with van der Waals surface area (Å²) in [6.45, 7) is 0. The first-order valence-electron chi connectivity index (χ1n) is 6.72. The van der Waals surface area contributed by atoms with Gasteiger partial charge in [0, 0.05) is 37.8 Å². The predicted molar refractivity (Wildman–Crippen MR) is 79.8 cm³/mol. The van der Waals surface area contributed by atoms with E-state index in [-0.39, 0.29) is 5.78 Å². The highest BCUT2D eigenvalue weighted by Crippen LogP contribution is 2.17. The third-order valence-electron chi connectivity index (χ3n) is 3.57. The van der Waals surface area contributed by atoms with Crippen molar-refractivity contribution in [1.82, 2.24) is 9.55 Å². The smallest absolute Gasteiger partial charge is 0.163 e. The molecule has 1 heterocycles. The van der Waals surface area contributed by atoms with Crippen molar-refractivity contribution in [3.8, 4) is 0 Å². The van der Waals surface area contributed by atoms with Crippen LogP contribution in [0.2, 0.25) is 0 Å². The Balaban J connectivity index is 1.77. The van der Waals surface area contributed by atoms with E-state index in [1.807, 2.05) is 54.2 Å². The van der Waals surface area contributed by atoms with Crippen molar-refractivity contribution in [3.05, 3.63) is 66.2 Å². The summed E-state index contributed by atoms with van der Waals surface area (Å²) in [7, 11) is 1.95. The van der Waals surface area contributed by atoms with Crippen LogP contribution in [-0.2, 0) is 13.5 Å². The van der Waals surface area contributed by atoms with E-state index in [0.717, 1.165) is 22.2 Å². The molecule has 3 nitrogen and oxygen atoms in total. The van der Waals surface area contributed by atoms with Gasteiger partial charge in [0.15, 0.2) is 5.78 Å². The Morgan fingerprint density at radius 1 is 1.15 bits per heavy atom. The lowest BCUT2D eigenvalue weighted by Crippen LogP contribution is -2.04. The number of rotatable bonds is 4. The van der Waals surface area contributed by atoms with Crippen LogP contribution in [0.3, 0.4) is 0 Å². The van der Waals surface area contributed by atoms with Crippen LogP contribution in [0.5, 0.6) is 0 Å². The molecule has 1 aromatic heterocycles. The number of aryl methyl sites for hydroxylation is 2. The average molecular weight is 264 g/mol. The number of fused-ring (bicyclic) bond motifs is 1. The van der Waals surface area contributed by atoms with Crippen LogP contribution in [0.25, 0.3) is 10.8 Å². The predicted octanol–water partition coefficient (Wildman–Crippen LogP) is 3.39. The van der Waals surface area contributed by atoms with Crippen molar-refractivity contribution >= 4 is 16.6 Å². The van der Waals surface area contributed by atoms with Crippen molar-refractivity contribution in [2.24, 2.45) is 7.05 Å². The van der Waals surface area contributed by atoms with Gasteiger partial charge in [0.25, 0.3) is 0 Å². The molecule has 0 unspecified atom stereocenters. The fraction of sp³-hybridized carbons (Fsp3) is 0.176. The third-order valence-corrected chi connectivity index (χ3v) is 3.57. The van der Waals surface area contributed by atoms with Crippen molar-refractivity contribution in [2.75, 3.05) is 0 Å². The van der Waals surface area contributed by atoms with E-state index in [4.69, 9.17) is 0 Å².